The summed E-state index contributed by atoms with van der Waals surface area (Å²) in [5, 5.41) is 7.85. The topological polar surface area (TPSA) is 73.5 Å². The number of amides is 1. The molecule has 0 atom stereocenters. The minimum absolute atomic E-state index is 0.0972. The van der Waals surface area contributed by atoms with Gasteiger partial charge < -0.3 is 16.1 Å². The molecule has 0 saturated heterocycles. The van der Waals surface area contributed by atoms with Gasteiger partial charge in [0.15, 0.2) is 10.9 Å². The predicted octanol–water partition coefficient (Wildman–Crippen LogP) is 2.07. The van der Waals surface area contributed by atoms with Gasteiger partial charge in [0.1, 0.15) is 0 Å². The molecule has 1 amide bonds. The Hall–Kier alpha value is -2.93. The van der Waals surface area contributed by atoms with Crippen LogP contribution in [0.4, 0.5) is 0 Å². The summed E-state index contributed by atoms with van der Waals surface area (Å²) in [5.41, 5.74) is 7.89. The number of nitrogens with zero attached hydrogens (tertiary/aromatic N) is 1. The van der Waals surface area contributed by atoms with Crippen LogP contribution in [0, 0.1) is 0 Å². The van der Waals surface area contributed by atoms with Gasteiger partial charge >= 0.3 is 0 Å². The highest BCUT2D eigenvalue weighted by Gasteiger charge is 2.23. The van der Waals surface area contributed by atoms with Crippen LogP contribution in [-0.4, -0.2) is 28.4 Å². The average molecular weight is 382 g/mol. The van der Waals surface area contributed by atoms with Gasteiger partial charge in [-0.1, -0.05) is 35.9 Å². The third-order valence-electron chi connectivity index (χ3n) is 4.51. The molecule has 1 aromatic carbocycles. The largest absolute Gasteiger partial charge is 0.333 e. The fraction of sp³-hybridized carbons (Fsp3) is 0.250. The number of hydrogen-bond donors (Lipinski definition) is 3. The average Bonchev–Trinajstić information content (AvgIpc) is 3.06. The summed E-state index contributed by atoms with van der Waals surface area (Å²) in [4.78, 5) is 23.9. The third-order valence-corrected chi connectivity index (χ3v) is 4.71. The number of allylic oxidation sites excluding steroid dienone is 3. The van der Waals surface area contributed by atoms with Crippen molar-refractivity contribution in [2.24, 2.45) is 0 Å². The van der Waals surface area contributed by atoms with Crippen LogP contribution in [0.3, 0.4) is 0 Å². The lowest BCUT2D eigenvalue weighted by atomic mass is 9.96. The molecular weight excluding hydrogens is 360 g/mol. The molecule has 0 bridgehead atoms. The minimum atomic E-state index is -0.169. The molecular formula is C20H22N4O2S. The van der Waals surface area contributed by atoms with E-state index in [4.69, 9.17) is 12.2 Å². The molecule has 0 unspecified atom stereocenters. The van der Waals surface area contributed by atoms with E-state index in [0.717, 1.165) is 28.1 Å². The Morgan fingerprint density at radius 2 is 2.00 bits per heavy atom. The van der Waals surface area contributed by atoms with Crippen LogP contribution in [0.5, 0.6) is 0 Å². The van der Waals surface area contributed by atoms with Gasteiger partial charge in [0.25, 0.3) is 0 Å². The van der Waals surface area contributed by atoms with E-state index in [9.17, 15) is 9.59 Å². The summed E-state index contributed by atoms with van der Waals surface area (Å²) in [7, 11) is 0. The highest BCUT2D eigenvalue weighted by atomic mass is 32.1. The molecule has 27 heavy (non-hydrogen) atoms. The van der Waals surface area contributed by atoms with Crippen molar-refractivity contribution in [1.82, 2.24) is 21.1 Å². The lowest BCUT2D eigenvalue weighted by Crippen LogP contribution is -2.40. The molecule has 0 fully saturated rings. The predicted molar refractivity (Wildman–Crippen MR) is 108 cm³/mol. The first-order valence-electron chi connectivity index (χ1n) is 8.71. The first-order valence-corrected chi connectivity index (χ1v) is 9.12. The molecule has 140 valence electrons. The molecule has 3 N–H and O–H groups in total. The van der Waals surface area contributed by atoms with Crippen molar-refractivity contribution in [3.63, 3.8) is 0 Å². The van der Waals surface area contributed by atoms with Gasteiger partial charge in [-0.25, -0.2) is 0 Å². The lowest BCUT2D eigenvalue weighted by molar-refractivity contribution is -0.119. The Morgan fingerprint density at radius 1 is 1.26 bits per heavy atom. The van der Waals surface area contributed by atoms with Crippen LogP contribution in [0.2, 0.25) is 0 Å². The first kappa shape index (κ1) is 18.8. The molecule has 1 heterocycles. The number of carbonyl (C=O) groups excluding carboxylic acids is 2. The van der Waals surface area contributed by atoms with E-state index in [1.54, 1.807) is 12.3 Å². The Bertz CT molecular complexity index is 871. The summed E-state index contributed by atoms with van der Waals surface area (Å²) in [6, 6.07) is 9.49. The quantitative estimate of drug-likeness (QED) is 0.693. The molecule has 3 rings (SSSR count). The van der Waals surface area contributed by atoms with E-state index in [0.29, 0.717) is 13.0 Å². The number of rotatable bonds is 4. The Kier molecular flexibility index (Phi) is 5.71. The zero-order valence-corrected chi connectivity index (χ0v) is 16.2. The first-order chi connectivity index (χ1) is 12.9. The maximum atomic E-state index is 12.1. The number of nitrogens with one attached hydrogen (secondary N) is 3. The van der Waals surface area contributed by atoms with Crippen LogP contribution in [0.1, 0.15) is 25.8 Å². The van der Waals surface area contributed by atoms with E-state index < -0.39 is 0 Å². The molecule has 0 saturated carbocycles. The number of thiocarbonyl (C=S) groups is 1. The van der Waals surface area contributed by atoms with Crippen molar-refractivity contribution < 1.29 is 9.59 Å². The van der Waals surface area contributed by atoms with E-state index in [2.05, 4.69) is 16.1 Å². The van der Waals surface area contributed by atoms with Crippen molar-refractivity contribution in [2.45, 2.75) is 26.7 Å². The van der Waals surface area contributed by atoms with Crippen molar-refractivity contribution >= 4 is 29.0 Å². The van der Waals surface area contributed by atoms with E-state index >= 15 is 0 Å². The molecule has 0 spiro atoms. The fourth-order valence-corrected chi connectivity index (χ4v) is 3.23. The highest BCUT2D eigenvalue weighted by Crippen LogP contribution is 2.26. The molecule has 6 nitrogen and oxygen atoms in total. The fourth-order valence-electron chi connectivity index (χ4n) is 2.98. The van der Waals surface area contributed by atoms with Gasteiger partial charge in [-0.2, -0.15) is 0 Å². The standard InChI is InChI=1S/C20H22N4O2S/c1-13-8-17(25)10-18(14(13)2)24-12-16(11-21-24)22-20(27)23-19(26)9-15-6-4-3-5-7-15/h3-7,10-11,21H,8-9,12H2,1-2H3,(H2,22,23,26,27). The second-order valence-electron chi connectivity index (χ2n) is 6.63. The maximum Gasteiger partial charge on any atom is 0.230 e. The van der Waals surface area contributed by atoms with Gasteiger partial charge in [0.05, 0.1) is 24.4 Å². The Balaban J connectivity index is 1.51. The van der Waals surface area contributed by atoms with Gasteiger partial charge in [0, 0.05) is 18.7 Å². The van der Waals surface area contributed by atoms with Gasteiger partial charge in [-0.05, 0) is 37.2 Å². The van der Waals surface area contributed by atoms with Crippen molar-refractivity contribution in [2.75, 3.05) is 6.54 Å². The number of ketones is 1. The minimum Gasteiger partial charge on any atom is -0.333 e. The smallest absolute Gasteiger partial charge is 0.230 e. The molecule has 1 aliphatic heterocycles. The molecule has 0 aromatic heterocycles. The maximum absolute atomic E-state index is 12.1. The van der Waals surface area contributed by atoms with Gasteiger partial charge in [-0.15, -0.1) is 0 Å². The van der Waals surface area contributed by atoms with E-state index in [1.165, 1.54) is 0 Å². The normalized spacial score (nSPS) is 16.5. The Morgan fingerprint density at radius 3 is 2.74 bits per heavy atom. The molecule has 0 radical (unpaired) electrons. The summed E-state index contributed by atoms with van der Waals surface area (Å²) in [5.74, 6) is -0.0721. The van der Waals surface area contributed by atoms with Crippen LogP contribution >= 0.6 is 12.2 Å². The summed E-state index contributed by atoms with van der Waals surface area (Å²) < 4.78 is 0. The van der Waals surface area contributed by atoms with Gasteiger partial charge in [-0.3, -0.25) is 14.6 Å². The number of hydrazine groups is 1. The van der Waals surface area contributed by atoms with Crippen molar-refractivity contribution in [3.05, 3.63) is 70.7 Å². The van der Waals surface area contributed by atoms with Crippen LogP contribution < -0.4 is 16.1 Å². The molecule has 1 aliphatic carbocycles. The van der Waals surface area contributed by atoms with Crippen LogP contribution in [0.15, 0.2) is 65.1 Å². The van der Waals surface area contributed by atoms with Crippen LogP contribution in [-0.2, 0) is 16.0 Å². The van der Waals surface area contributed by atoms with E-state index in [-0.39, 0.29) is 23.2 Å². The second-order valence-corrected chi connectivity index (χ2v) is 7.04. The SMILES string of the molecule is CC1=C(C)C(N2CC(NC(=S)NC(=O)Cc3ccccc3)=CN2)=CC(=O)C1. The lowest BCUT2D eigenvalue weighted by Gasteiger charge is -2.26. The van der Waals surface area contributed by atoms with Crippen molar-refractivity contribution in [1.29, 1.82) is 0 Å². The number of benzene rings is 1. The van der Waals surface area contributed by atoms with Crippen LogP contribution in [0.25, 0.3) is 0 Å². The summed E-state index contributed by atoms with van der Waals surface area (Å²) in [6.07, 6.45) is 4.17. The van der Waals surface area contributed by atoms with Gasteiger partial charge in [0.2, 0.25) is 5.91 Å². The van der Waals surface area contributed by atoms with Crippen molar-refractivity contribution in [3.8, 4) is 0 Å². The second kappa shape index (κ2) is 8.18. The monoisotopic (exact) mass is 382 g/mol. The molecule has 1 aromatic rings. The van der Waals surface area contributed by atoms with E-state index in [1.807, 2.05) is 49.2 Å². The zero-order valence-electron chi connectivity index (χ0n) is 15.3. The number of carbonyl (C=O) groups is 2. The third kappa shape index (κ3) is 4.83. The highest BCUT2D eigenvalue weighted by molar-refractivity contribution is 7.80. The summed E-state index contributed by atoms with van der Waals surface area (Å²) >= 11 is 5.23. The molecule has 2 aliphatic rings. The Labute approximate surface area is 164 Å². The molecule has 7 heteroatoms. The summed E-state index contributed by atoms with van der Waals surface area (Å²) in [6.45, 7) is 4.49. The zero-order chi connectivity index (χ0) is 19.4. The number of hydrogen-bond acceptors (Lipinski definition) is 5.